The van der Waals surface area contributed by atoms with Crippen LogP contribution in [0, 0.1) is 0 Å². The maximum Gasteiger partial charge on any atom is 0.146 e. The van der Waals surface area contributed by atoms with E-state index in [-0.39, 0.29) is 6.79 Å². The van der Waals surface area contributed by atoms with E-state index in [2.05, 4.69) is 13.2 Å². The van der Waals surface area contributed by atoms with E-state index in [0.29, 0.717) is 119 Å². The molecule has 0 spiro atoms. The molecule has 0 aliphatic rings. The van der Waals surface area contributed by atoms with Gasteiger partial charge in [0.05, 0.1) is 119 Å². The van der Waals surface area contributed by atoms with Crippen molar-refractivity contribution in [3.63, 3.8) is 0 Å². The Morgan fingerprint density at radius 3 is 0.758 bits per heavy atom. The molecular weight excluding hydrogens is 436 g/mol. The zero-order chi connectivity index (χ0) is 23.9. The Balaban J connectivity index is 3.00. The van der Waals surface area contributed by atoms with E-state index in [1.807, 2.05) is 0 Å². The van der Waals surface area contributed by atoms with Crippen LogP contribution in [0.5, 0.6) is 0 Å². The normalized spacial score (nSPS) is 11.2. The SMILES string of the molecule is C=CCOCCOCCOCCOCCOCCOCOCCOCCOCCOCC=C. The Kier molecular flexibility index (Phi) is 30.2. The third kappa shape index (κ3) is 31.1. The van der Waals surface area contributed by atoms with Crippen LogP contribution in [0.25, 0.3) is 0 Å². The van der Waals surface area contributed by atoms with E-state index >= 15 is 0 Å². The minimum Gasteiger partial charge on any atom is -0.377 e. The summed E-state index contributed by atoms with van der Waals surface area (Å²) in [5.41, 5.74) is 0. The van der Waals surface area contributed by atoms with Gasteiger partial charge in [0.15, 0.2) is 0 Å². The van der Waals surface area contributed by atoms with Crippen molar-refractivity contribution in [3.05, 3.63) is 25.3 Å². The lowest BCUT2D eigenvalue weighted by molar-refractivity contribution is -0.0863. The largest absolute Gasteiger partial charge is 0.377 e. The summed E-state index contributed by atoms with van der Waals surface area (Å²) >= 11 is 0. The highest BCUT2D eigenvalue weighted by molar-refractivity contribution is 4.63. The van der Waals surface area contributed by atoms with Crippen LogP contribution in [0.15, 0.2) is 25.3 Å². The molecule has 0 aromatic carbocycles. The van der Waals surface area contributed by atoms with Crippen LogP contribution in [-0.2, 0) is 47.4 Å². The number of hydrogen-bond donors (Lipinski definition) is 0. The fourth-order valence-corrected chi connectivity index (χ4v) is 2.07. The predicted molar refractivity (Wildman–Crippen MR) is 124 cm³/mol. The van der Waals surface area contributed by atoms with E-state index in [1.165, 1.54) is 0 Å². The molecule has 0 N–H and O–H groups in total. The van der Waals surface area contributed by atoms with Crippen LogP contribution in [0.2, 0.25) is 0 Å². The Labute approximate surface area is 199 Å². The monoisotopic (exact) mass is 480 g/mol. The van der Waals surface area contributed by atoms with Crippen molar-refractivity contribution in [3.8, 4) is 0 Å². The Morgan fingerprint density at radius 1 is 0.303 bits per heavy atom. The van der Waals surface area contributed by atoms with Crippen LogP contribution in [0.3, 0.4) is 0 Å². The summed E-state index contributed by atoms with van der Waals surface area (Å²) in [4.78, 5) is 0. The quantitative estimate of drug-likeness (QED) is 0.0855. The maximum atomic E-state index is 5.42. The van der Waals surface area contributed by atoms with Gasteiger partial charge in [-0.15, -0.1) is 13.2 Å². The van der Waals surface area contributed by atoms with Crippen molar-refractivity contribution in [2.24, 2.45) is 0 Å². The van der Waals surface area contributed by atoms with Crippen LogP contribution in [0.1, 0.15) is 0 Å². The molecule has 0 fully saturated rings. The molecule has 0 unspecified atom stereocenters. The van der Waals surface area contributed by atoms with E-state index in [9.17, 15) is 0 Å². The molecule has 0 radical (unpaired) electrons. The van der Waals surface area contributed by atoms with Crippen LogP contribution in [-0.4, -0.2) is 126 Å². The molecule has 0 bridgehead atoms. The maximum absolute atomic E-state index is 5.42. The molecule has 10 heteroatoms. The molecule has 0 saturated carbocycles. The number of hydrogen-bond acceptors (Lipinski definition) is 10. The van der Waals surface area contributed by atoms with E-state index < -0.39 is 0 Å². The molecule has 0 heterocycles. The van der Waals surface area contributed by atoms with Gasteiger partial charge < -0.3 is 47.4 Å². The lowest BCUT2D eigenvalue weighted by atomic mass is 10.6. The van der Waals surface area contributed by atoms with Gasteiger partial charge >= 0.3 is 0 Å². The van der Waals surface area contributed by atoms with Crippen molar-refractivity contribution in [1.82, 2.24) is 0 Å². The van der Waals surface area contributed by atoms with Gasteiger partial charge in [0.2, 0.25) is 0 Å². The van der Waals surface area contributed by atoms with Gasteiger partial charge in [-0.3, -0.25) is 0 Å². The fourth-order valence-electron chi connectivity index (χ4n) is 2.07. The van der Waals surface area contributed by atoms with Crippen molar-refractivity contribution in [2.45, 2.75) is 0 Å². The zero-order valence-corrected chi connectivity index (χ0v) is 20.1. The summed E-state index contributed by atoms with van der Waals surface area (Å²) in [5, 5.41) is 0. The highest BCUT2D eigenvalue weighted by atomic mass is 16.7. The van der Waals surface area contributed by atoms with Gasteiger partial charge in [-0.2, -0.15) is 0 Å². The molecule has 33 heavy (non-hydrogen) atoms. The van der Waals surface area contributed by atoms with E-state index in [1.54, 1.807) is 12.2 Å². The first-order chi connectivity index (χ1) is 16.4. The smallest absolute Gasteiger partial charge is 0.146 e. The number of rotatable bonds is 30. The van der Waals surface area contributed by atoms with Crippen molar-refractivity contribution in [1.29, 1.82) is 0 Å². The van der Waals surface area contributed by atoms with Crippen LogP contribution < -0.4 is 0 Å². The van der Waals surface area contributed by atoms with Gasteiger partial charge in [-0.05, 0) is 0 Å². The molecule has 10 nitrogen and oxygen atoms in total. The minimum absolute atomic E-state index is 0.212. The summed E-state index contributed by atoms with van der Waals surface area (Å²) in [7, 11) is 0. The summed E-state index contributed by atoms with van der Waals surface area (Å²) < 4.78 is 53.3. The van der Waals surface area contributed by atoms with Crippen LogP contribution >= 0.6 is 0 Å². The topological polar surface area (TPSA) is 92.3 Å². The highest BCUT2D eigenvalue weighted by Crippen LogP contribution is 1.86. The molecule has 0 aromatic heterocycles. The second-order valence-corrected chi connectivity index (χ2v) is 6.34. The third-order valence-electron chi connectivity index (χ3n) is 3.61. The van der Waals surface area contributed by atoms with Gasteiger partial charge in [-0.1, -0.05) is 12.2 Å². The van der Waals surface area contributed by atoms with Crippen molar-refractivity contribution < 1.29 is 47.4 Å². The molecule has 0 amide bonds. The first kappa shape index (κ1) is 32.1. The molecule has 196 valence electrons. The van der Waals surface area contributed by atoms with Gasteiger partial charge in [-0.25, -0.2) is 0 Å². The van der Waals surface area contributed by atoms with Gasteiger partial charge in [0, 0.05) is 0 Å². The molecule has 0 saturated heterocycles. The van der Waals surface area contributed by atoms with E-state index in [4.69, 9.17) is 47.4 Å². The molecule has 0 aliphatic heterocycles. The lowest BCUT2D eigenvalue weighted by Crippen LogP contribution is -2.15. The second-order valence-electron chi connectivity index (χ2n) is 6.34. The Morgan fingerprint density at radius 2 is 0.515 bits per heavy atom. The average Bonchev–Trinajstić information content (AvgIpc) is 2.83. The van der Waals surface area contributed by atoms with Crippen molar-refractivity contribution >= 4 is 0 Å². The van der Waals surface area contributed by atoms with Gasteiger partial charge in [0.25, 0.3) is 0 Å². The third-order valence-corrected chi connectivity index (χ3v) is 3.61. The van der Waals surface area contributed by atoms with Gasteiger partial charge in [0.1, 0.15) is 6.79 Å². The predicted octanol–water partition coefficient (Wildman–Crippen LogP) is 1.48. The molecule has 0 aliphatic carbocycles. The first-order valence-electron chi connectivity index (χ1n) is 11.4. The van der Waals surface area contributed by atoms with Crippen LogP contribution in [0.4, 0.5) is 0 Å². The van der Waals surface area contributed by atoms with Crippen molar-refractivity contribution in [2.75, 3.05) is 126 Å². The molecular formula is C23H44O10. The standard InChI is InChI=1S/C23H44O10/c1-3-5-24-7-9-26-11-12-28-13-14-29-16-18-31-20-22-33-23-32-21-19-30-17-15-27-10-8-25-6-4-2/h3-4H,1-2,5-23H2. The summed E-state index contributed by atoms with van der Waals surface area (Å²) in [6.45, 7) is 16.8. The fraction of sp³-hybridized carbons (Fsp3) is 0.826. The minimum atomic E-state index is 0.212. The Bertz CT molecular complexity index is 350. The summed E-state index contributed by atoms with van der Waals surface area (Å²) in [6, 6.07) is 0. The highest BCUT2D eigenvalue weighted by Gasteiger charge is 1.95. The Hall–Kier alpha value is -0.920. The second kappa shape index (κ2) is 31.1. The zero-order valence-electron chi connectivity index (χ0n) is 20.1. The first-order valence-corrected chi connectivity index (χ1v) is 11.4. The van der Waals surface area contributed by atoms with E-state index in [0.717, 1.165) is 0 Å². The summed E-state index contributed by atoms with van der Waals surface area (Å²) in [5.74, 6) is 0. The lowest BCUT2D eigenvalue weighted by Gasteiger charge is -2.09. The number of ether oxygens (including phenoxy) is 10. The molecule has 0 rings (SSSR count). The average molecular weight is 481 g/mol. The summed E-state index contributed by atoms with van der Waals surface area (Å²) in [6.07, 6.45) is 3.42. The molecule has 0 atom stereocenters. The molecule has 0 aromatic rings.